The summed E-state index contributed by atoms with van der Waals surface area (Å²) in [6.45, 7) is 4.09. The second kappa shape index (κ2) is 16.0. The van der Waals surface area contributed by atoms with Gasteiger partial charge in [-0.2, -0.15) is 0 Å². The number of carbonyl (C=O) groups excluding carboxylic acids is 5. The van der Waals surface area contributed by atoms with Gasteiger partial charge in [0, 0.05) is 26.2 Å². The minimum atomic E-state index is -0.920. The van der Waals surface area contributed by atoms with E-state index in [9.17, 15) is 24.0 Å². The van der Waals surface area contributed by atoms with Crippen molar-refractivity contribution in [3.63, 3.8) is 0 Å². The van der Waals surface area contributed by atoms with Gasteiger partial charge in [0.05, 0.1) is 17.6 Å². The van der Waals surface area contributed by atoms with Gasteiger partial charge in [-0.1, -0.05) is 39.0 Å². The van der Waals surface area contributed by atoms with Gasteiger partial charge in [0.1, 0.15) is 12.1 Å². The van der Waals surface area contributed by atoms with Crippen molar-refractivity contribution < 1.29 is 24.0 Å². The molecule has 3 fully saturated rings. The third-order valence-electron chi connectivity index (χ3n) is 8.42. The van der Waals surface area contributed by atoms with E-state index < -0.39 is 29.7 Å². The molecule has 0 aromatic rings. The van der Waals surface area contributed by atoms with Crippen molar-refractivity contribution in [2.24, 2.45) is 11.5 Å². The van der Waals surface area contributed by atoms with Crippen LogP contribution in [0.2, 0.25) is 0 Å². The number of piperazine rings is 2. The Balaban J connectivity index is 1.66. The van der Waals surface area contributed by atoms with Crippen molar-refractivity contribution in [1.82, 2.24) is 31.5 Å². The van der Waals surface area contributed by atoms with Crippen LogP contribution in [0, 0.1) is 0 Å². The predicted molar refractivity (Wildman–Crippen MR) is 155 cm³/mol. The molecule has 5 amide bonds. The molecule has 3 aliphatic rings. The molecule has 2 saturated heterocycles. The number of rotatable bonds is 18. The molecule has 13 heteroatoms. The van der Waals surface area contributed by atoms with Crippen LogP contribution in [0.1, 0.15) is 84.0 Å². The Morgan fingerprint density at radius 1 is 0.902 bits per heavy atom. The number of ketones is 1. The Labute approximate surface area is 243 Å². The zero-order valence-corrected chi connectivity index (χ0v) is 24.5. The quantitative estimate of drug-likeness (QED) is 0.104. The van der Waals surface area contributed by atoms with Crippen molar-refractivity contribution in [1.29, 1.82) is 0 Å². The molecule has 2 heterocycles. The lowest BCUT2D eigenvalue weighted by Gasteiger charge is -2.44. The maximum atomic E-state index is 13.9. The molecule has 232 valence electrons. The molecule has 0 aromatic heterocycles. The summed E-state index contributed by atoms with van der Waals surface area (Å²) in [7, 11) is 0. The van der Waals surface area contributed by atoms with E-state index in [1.165, 1.54) is 0 Å². The van der Waals surface area contributed by atoms with Crippen molar-refractivity contribution in [2.45, 2.75) is 114 Å². The van der Waals surface area contributed by atoms with Gasteiger partial charge in [-0.15, -0.1) is 0 Å². The van der Waals surface area contributed by atoms with Crippen LogP contribution in [-0.2, 0) is 19.2 Å². The highest BCUT2D eigenvalue weighted by atomic mass is 16.2. The zero-order valence-electron chi connectivity index (χ0n) is 24.5. The molecule has 1 aliphatic carbocycles. The van der Waals surface area contributed by atoms with Gasteiger partial charge in [-0.05, 0) is 51.5 Å². The van der Waals surface area contributed by atoms with Crippen LogP contribution in [-0.4, -0.2) is 96.9 Å². The van der Waals surface area contributed by atoms with E-state index >= 15 is 0 Å². The summed E-state index contributed by atoms with van der Waals surface area (Å²) < 4.78 is 0. The monoisotopic (exact) mass is 578 g/mol. The summed E-state index contributed by atoms with van der Waals surface area (Å²) in [5.41, 5.74) is 9.79. The normalized spacial score (nSPS) is 25.6. The molecular weight excluding hydrogens is 528 g/mol. The average Bonchev–Trinajstić information content (AvgIpc) is 3.76. The van der Waals surface area contributed by atoms with E-state index in [2.05, 4.69) is 33.5 Å². The van der Waals surface area contributed by atoms with Gasteiger partial charge in [-0.25, -0.2) is 4.79 Å². The maximum absolute atomic E-state index is 13.9. The van der Waals surface area contributed by atoms with Gasteiger partial charge in [0.15, 0.2) is 5.78 Å². The Morgan fingerprint density at radius 2 is 1.59 bits per heavy atom. The highest BCUT2D eigenvalue weighted by Crippen LogP contribution is 2.46. The number of unbranched alkanes of at least 4 members (excludes halogenated alkanes) is 5. The van der Waals surface area contributed by atoms with Crippen LogP contribution in [0.15, 0.2) is 0 Å². The highest BCUT2D eigenvalue weighted by molar-refractivity contribution is 6.01. The van der Waals surface area contributed by atoms with Crippen LogP contribution >= 0.6 is 0 Å². The van der Waals surface area contributed by atoms with Gasteiger partial charge in [0.2, 0.25) is 17.7 Å². The third kappa shape index (κ3) is 9.11. The number of urea groups is 1. The SMILES string of the molecule is CCCC[C@@H]1NC[C@H](C(=O)C2(N3C[C@H](C(=O)NCCCCCCCN)NC(=O)[C@@H]3CCCNC(N)=O)CC2)NC1=O. The lowest BCUT2D eigenvalue weighted by Crippen LogP contribution is -2.70. The Hall–Kier alpha value is -2.77. The average molecular weight is 579 g/mol. The number of amides is 5. The molecule has 0 unspecified atom stereocenters. The second-order valence-corrected chi connectivity index (χ2v) is 11.6. The fourth-order valence-corrected chi connectivity index (χ4v) is 5.92. The van der Waals surface area contributed by atoms with E-state index in [1.54, 1.807) is 0 Å². The number of hydrogen-bond acceptors (Lipinski definition) is 8. The molecule has 4 atom stereocenters. The Bertz CT molecular complexity index is 927. The first kappa shape index (κ1) is 32.7. The van der Waals surface area contributed by atoms with E-state index in [1.807, 2.05) is 4.90 Å². The topological polar surface area (TPSA) is 201 Å². The molecule has 0 spiro atoms. The first-order valence-electron chi connectivity index (χ1n) is 15.4. The summed E-state index contributed by atoms with van der Waals surface area (Å²) >= 11 is 0. The molecule has 2 aliphatic heterocycles. The zero-order chi connectivity index (χ0) is 29.8. The van der Waals surface area contributed by atoms with E-state index in [4.69, 9.17) is 11.5 Å². The van der Waals surface area contributed by atoms with E-state index in [0.29, 0.717) is 58.3 Å². The second-order valence-electron chi connectivity index (χ2n) is 11.6. The first-order chi connectivity index (χ1) is 19.7. The van der Waals surface area contributed by atoms with Crippen LogP contribution in [0.3, 0.4) is 0 Å². The maximum Gasteiger partial charge on any atom is 0.312 e. The fraction of sp³-hybridized carbons (Fsp3) is 0.821. The van der Waals surface area contributed by atoms with Crippen molar-refractivity contribution in [2.75, 3.05) is 32.7 Å². The smallest absolute Gasteiger partial charge is 0.312 e. The standard InChI is InChI=1S/C28H50N8O5/c1-2-3-10-19-25(39)34-20(17-33-19)23(37)28(12-13-28)36-18-21(24(38)31-15-8-6-4-5-7-14-29)35-26(40)22(36)11-9-16-32-27(30)41/h19-22,33H,2-18,29H2,1H3,(H,31,38)(H,34,39)(H,35,40)(H3,30,32,41)/t19-,20+,21+,22-/m0/s1. The summed E-state index contributed by atoms with van der Waals surface area (Å²) in [4.78, 5) is 66.0. The molecule has 41 heavy (non-hydrogen) atoms. The van der Waals surface area contributed by atoms with Crippen molar-refractivity contribution >= 4 is 29.5 Å². The number of hydrogen-bond donors (Lipinski definition) is 7. The number of carbonyl (C=O) groups is 5. The largest absolute Gasteiger partial charge is 0.354 e. The molecule has 9 N–H and O–H groups in total. The van der Waals surface area contributed by atoms with Gasteiger partial charge in [-0.3, -0.25) is 24.1 Å². The van der Waals surface area contributed by atoms with Crippen LogP contribution in [0.25, 0.3) is 0 Å². The number of nitrogens with one attached hydrogen (secondary N) is 5. The van der Waals surface area contributed by atoms with Crippen LogP contribution < -0.4 is 38.1 Å². The van der Waals surface area contributed by atoms with E-state index in [0.717, 1.165) is 44.9 Å². The highest BCUT2D eigenvalue weighted by Gasteiger charge is 2.60. The molecule has 0 bridgehead atoms. The summed E-state index contributed by atoms with van der Waals surface area (Å²) in [5.74, 6) is -0.890. The van der Waals surface area contributed by atoms with E-state index in [-0.39, 0.29) is 36.1 Å². The molecule has 0 radical (unpaired) electrons. The molecule has 0 aromatic carbocycles. The van der Waals surface area contributed by atoms with Gasteiger partial charge >= 0.3 is 6.03 Å². The first-order valence-corrected chi connectivity index (χ1v) is 15.4. The number of primary amides is 1. The molecule has 3 rings (SSSR count). The van der Waals surface area contributed by atoms with Gasteiger partial charge in [0.25, 0.3) is 0 Å². The van der Waals surface area contributed by atoms with Gasteiger partial charge < -0.3 is 38.1 Å². The van der Waals surface area contributed by atoms with Crippen molar-refractivity contribution in [3.05, 3.63) is 0 Å². The number of nitrogens with zero attached hydrogens (tertiary/aromatic N) is 1. The minimum absolute atomic E-state index is 0.126. The number of nitrogens with two attached hydrogens (primary N) is 2. The van der Waals surface area contributed by atoms with Crippen LogP contribution in [0.4, 0.5) is 4.79 Å². The Kier molecular flexibility index (Phi) is 12.8. The van der Waals surface area contributed by atoms with Crippen LogP contribution in [0.5, 0.6) is 0 Å². The third-order valence-corrected chi connectivity index (χ3v) is 8.42. The van der Waals surface area contributed by atoms with Crippen molar-refractivity contribution in [3.8, 4) is 0 Å². The minimum Gasteiger partial charge on any atom is -0.354 e. The summed E-state index contributed by atoms with van der Waals surface area (Å²) in [6, 6.07) is -3.08. The lowest BCUT2D eigenvalue weighted by molar-refractivity contribution is -0.144. The molecule has 13 nitrogen and oxygen atoms in total. The summed E-state index contributed by atoms with van der Waals surface area (Å²) in [6.07, 6.45) is 9.53. The Morgan fingerprint density at radius 3 is 2.24 bits per heavy atom. The fourth-order valence-electron chi connectivity index (χ4n) is 5.92. The summed E-state index contributed by atoms with van der Waals surface area (Å²) in [5, 5.41) is 14.5. The molecular formula is C28H50N8O5. The predicted octanol–water partition coefficient (Wildman–Crippen LogP) is -0.622. The lowest BCUT2D eigenvalue weighted by atomic mass is 9.92. The number of Topliss-reactive ketones (excluding diaryl/α,β-unsaturated/α-hetero) is 1. The molecule has 1 saturated carbocycles.